The van der Waals surface area contributed by atoms with Crippen molar-refractivity contribution in [2.45, 2.75) is 18.3 Å². The Morgan fingerprint density at radius 1 is 1.53 bits per heavy atom. The quantitative estimate of drug-likeness (QED) is 0.876. The number of carbonyl (C=O) groups excluding carboxylic acids is 1. The maximum atomic E-state index is 12.5. The topological polar surface area (TPSA) is 57.6 Å². The predicted molar refractivity (Wildman–Crippen MR) is 78.7 cm³/mol. The zero-order valence-electron chi connectivity index (χ0n) is 9.97. The molecule has 2 atom stereocenters. The summed E-state index contributed by atoms with van der Waals surface area (Å²) in [5.74, 6) is -0.864. The van der Waals surface area contributed by atoms with Crippen LogP contribution in [0.4, 0.5) is 0 Å². The van der Waals surface area contributed by atoms with Gasteiger partial charge in [-0.2, -0.15) is 0 Å². The molecular formula is C12H11BrClNO3S. The number of hydrogen-bond donors (Lipinski definition) is 1. The molecule has 0 bridgehead atoms. The van der Waals surface area contributed by atoms with Crippen LogP contribution in [-0.4, -0.2) is 39.1 Å². The summed E-state index contributed by atoms with van der Waals surface area (Å²) in [4.78, 5) is 25.1. The third-order valence-corrected chi connectivity index (χ3v) is 5.01. The van der Waals surface area contributed by atoms with E-state index in [0.717, 1.165) is 0 Å². The van der Waals surface area contributed by atoms with Crippen LogP contribution in [0.3, 0.4) is 0 Å². The largest absolute Gasteiger partial charge is 0.480 e. The summed E-state index contributed by atoms with van der Waals surface area (Å²) in [7, 11) is 0. The van der Waals surface area contributed by atoms with E-state index in [0.29, 0.717) is 20.8 Å². The monoisotopic (exact) mass is 363 g/mol. The van der Waals surface area contributed by atoms with Gasteiger partial charge in [0.2, 0.25) is 0 Å². The Morgan fingerprint density at radius 3 is 2.79 bits per heavy atom. The SMILES string of the molecule is CC1SCC(C(=O)O)N1C(=O)c1ccc(Cl)cc1Br. The Kier molecular flexibility index (Phi) is 4.43. The lowest BCUT2D eigenvalue weighted by Crippen LogP contribution is -2.44. The molecule has 1 aromatic rings. The van der Waals surface area contributed by atoms with Gasteiger partial charge in [0.1, 0.15) is 6.04 Å². The molecule has 4 nitrogen and oxygen atoms in total. The summed E-state index contributed by atoms with van der Waals surface area (Å²) < 4.78 is 0.568. The van der Waals surface area contributed by atoms with Crippen LogP contribution >= 0.6 is 39.3 Å². The molecule has 1 amide bonds. The van der Waals surface area contributed by atoms with Gasteiger partial charge < -0.3 is 10.0 Å². The molecule has 102 valence electrons. The van der Waals surface area contributed by atoms with Crippen molar-refractivity contribution in [3.05, 3.63) is 33.3 Å². The summed E-state index contributed by atoms with van der Waals surface area (Å²) in [6.07, 6.45) is 0. The van der Waals surface area contributed by atoms with Crippen LogP contribution in [-0.2, 0) is 4.79 Å². The van der Waals surface area contributed by atoms with Crippen molar-refractivity contribution in [2.24, 2.45) is 0 Å². The molecule has 2 unspecified atom stereocenters. The number of thioether (sulfide) groups is 1. The second-order valence-electron chi connectivity index (χ2n) is 4.12. The maximum Gasteiger partial charge on any atom is 0.327 e. The number of nitrogens with zero attached hydrogens (tertiary/aromatic N) is 1. The number of benzene rings is 1. The normalized spacial score (nSPS) is 22.6. The molecule has 0 aromatic heterocycles. The van der Waals surface area contributed by atoms with Crippen molar-refractivity contribution in [2.75, 3.05) is 5.75 Å². The number of amides is 1. The summed E-state index contributed by atoms with van der Waals surface area (Å²) in [5.41, 5.74) is 0.421. The highest BCUT2D eigenvalue weighted by atomic mass is 79.9. The Bertz CT molecular complexity index is 540. The van der Waals surface area contributed by atoms with Crippen LogP contribution in [0, 0.1) is 0 Å². The number of carboxylic acid groups (broad SMARTS) is 1. The molecule has 7 heteroatoms. The molecule has 1 heterocycles. The molecule has 1 fully saturated rings. The number of aliphatic carboxylic acids is 1. The Balaban J connectivity index is 2.34. The predicted octanol–water partition coefficient (Wildman–Crippen LogP) is 3.09. The first kappa shape index (κ1) is 14.7. The lowest BCUT2D eigenvalue weighted by Gasteiger charge is -2.25. The summed E-state index contributed by atoms with van der Waals surface area (Å²) in [6, 6.07) is 4.06. The highest BCUT2D eigenvalue weighted by molar-refractivity contribution is 9.10. The van der Waals surface area contributed by atoms with Crippen LogP contribution in [0.1, 0.15) is 17.3 Å². The minimum Gasteiger partial charge on any atom is -0.480 e. The molecule has 2 rings (SSSR count). The van der Waals surface area contributed by atoms with Crippen LogP contribution in [0.5, 0.6) is 0 Å². The molecular weight excluding hydrogens is 354 g/mol. The smallest absolute Gasteiger partial charge is 0.327 e. The van der Waals surface area contributed by atoms with Gasteiger partial charge in [0.25, 0.3) is 5.91 Å². The molecule has 0 saturated carbocycles. The Labute approximate surface area is 128 Å². The van der Waals surface area contributed by atoms with E-state index >= 15 is 0 Å². The van der Waals surface area contributed by atoms with Gasteiger partial charge >= 0.3 is 5.97 Å². The Hall–Kier alpha value is -0.720. The lowest BCUT2D eigenvalue weighted by atomic mass is 10.1. The van der Waals surface area contributed by atoms with E-state index < -0.39 is 12.0 Å². The fourth-order valence-electron chi connectivity index (χ4n) is 1.94. The Morgan fingerprint density at radius 2 is 2.21 bits per heavy atom. The van der Waals surface area contributed by atoms with Gasteiger partial charge in [-0.05, 0) is 41.1 Å². The van der Waals surface area contributed by atoms with Crippen molar-refractivity contribution in [1.29, 1.82) is 0 Å². The highest BCUT2D eigenvalue weighted by Crippen LogP contribution is 2.32. The summed E-state index contributed by atoms with van der Waals surface area (Å²) in [5, 5.41) is 9.53. The molecule has 0 aliphatic carbocycles. The van der Waals surface area contributed by atoms with E-state index in [1.807, 2.05) is 6.92 Å². The van der Waals surface area contributed by atoms with Gasteiger partial charge in [-0.25, -0.2) is 4.79 Å². The fourth-order valence-corrected chi connectivity index (χ4v) is 3.96. The molecule has 1 saturated heterocycles. The summed E-state index contributed by atoms with van der Waals surface area (Å²) >= 11 is 10.6. The number of hydrogen-bond acceptors (Lipinski definition) is 3. The van der Waals surface area contributed by atoms with Crippen LogP contribution < -0.4 is 0 Å². The first-order chi connectivity index (χ1) is 8.91. The molecule has 1 aliphatic heterocycles. The number of carboxylic acids is 1. The number of carbonyl (C=O) groups is 2. The highest BCUT2D eigenvalue weighted by Gasteiger charge is 2.40. The van der Waals surface area contributed by atoms with Crippen LogP contribution in [0.15, 0.2) is 22.7 Å². The first-order valence-corrected chi connectivity index (χ1v) is 7.76. The lowest BCUT2D eigenvalue weighted by molar-refractivity contribution is -0.141. The molecule has 1 aromatic carbocycles. The van der Waals surface area contributed by atoms with Crippen LogP contribution in [0.2, 0.25) is 5.02 Å². The molecule has 1 N–H and O–H groups in total. The first-order valence-electron chi connectivity index (χ1n) is 5.54. The maximum absolute atomic E-state index is 12.5. The van der Waals surface area contributed by atoms with E-state index in [4.69, 9.17) is 11.6 Å². The average Bonchev–Trinajstić information content (AvgIpc) is 2.70. The molecule has 0 spiro atoms. The molecule has 1 aliphatic rings. The minimum atomic E-state index is -0.977. The van der Waals surface area contributed by atoms with E-state index in [2.05, 4.69) is 15.9 Å². The standard InChI is InChI=1S/C12H11BrClNO3S/c1-6-15(10(5-19-6)12(17)18)11(16)8-3-2-7(14)4-9(8)13/h2-4,6,10H,5H2,1H3,(H,17,18). The van der Waals surface area contributed by atoms with Crippen LogP contribution in [0.25, 0.3) is 0 Å². The van der Waals surface area contributed by atoms with Gasteiger partial charge in [-0.3, -0.25) is 4.79 Å². The van der Waals surface area contributed by atoms with E-state index in [9.17, 15) is 14.7 Å². The second-order valence-corrected chi connectivity index (χ2v) is 6.76. The van der Waals surface area contributed by atoms with Gasteiger partial charge in [0.05, 0.1) is 10.9 Å². The third kappa shape index (κ3) is 2.90. The van der Waals surface area contributed by atoms with E-state index in [-0.39, 0.29) is 11.3 Å². The second kappa shape index (κ2) is 5.73. The van der Waals surface area contributed by atoms with E-state index in [1.54, 1.807) is 18.2 Å². The van der Waals surface area contributed by atoms with Crippen molar-refractivity contribution in [3.8, 4) is 0 Å². The van der Waals surface area contributed by atoms with Crippen molar-refractivity contribution < 1.29 is 14.7 Å². The number of halogens is 2. The molecule has 19 heavy (non-hydrogen) atoms. The zero-order chi connectivity index (χ0) is 14.2. The minimum absolute atomic E-state index is 0.156. The van der Waals surface area contributed by atoms with E-state index in [1.165, 1.54) is 16.7 Å². The van der Waals surface area contributed by atoms with Gasteiger partial charge in [0, 0.05) is 15.2 Å². The summed E-state index contributed by atoms with van der Waals surface area (Å²) in [6.45, 7) is 1.83. The molecule has 0 radical (unpaired) electrons. The number of rotatable bonds is 2. The average molecular weight is 365 g/mol. The van der Waals surface area contributed by atoms with Gasteiger partial charge in [-0.15, -0.1) is 11.8 Å². The van der Waals surface area contributed by atoms with Gasteiger partial charge in [0.15, 0.2) is 0 Å². The van der Waals surface area contributed by atoms with Gasteiger partial charge in [-0.1, -0.05) is 11.6 Å². The van der Waals surface area contributed by atoms with Crippen molar-refractivity contribution in [3.63, 3.8) is 0 Å². The third-order valence-electron chi connectivity index (χ3n) is 2.90. The zero-order valence-corrected chi connectivity index (χ0v) is 13.1. The van der Waals surface area contributed by atoms with Crippen molar-refractivity contribution >= 4 is 51.2 Å². The van der Waals surface area contributed by atoms with Crippen molar-refractivity contribution in [1.82, 2.24) is 4.90 Å². The fraction of sp³-hybridized carbons (Fsp3) is 0.333.